The van der Waals surface area contributed by atoms with E-state index in [4.69, 9.17) is 9.72 Å². The topological polar surface area (TPSA) is 91.7 Å². The number of aromatic nitrogens is 2. The summed E-state index contributed by atoms with van der Waals surface area (Å²) in [6.07, 6.45) is 4.10. The summed E-state index contributed by atoms with van der Waals surface area (Å²) in [6, 6.07) is 18.6. The van der Waals surface area contributed by atoms with Crippen molar-refractivity contribution >= 4 is 28.4 Å². The first-order chi connectivity index (χ1) is 18.9. The summed E-state index contributed by atoms with van der Waals surface area (Å²) >= 11 is 0. The van der Waals surface area contributed by atoms with Gasteiger partial charge in [-0.25, -0.2) is 9.78 Å². The number of methoxy groups -OCH3 is 1. The minimum absolute atomic E-state index is 0.0788. The summed E-state index contributed by atoms with van der Waals surface area (Å²) in [5.41, 5.74) is 8.35. The second kappa shape index (κ2) is 10.4. The molecule has 0 aliphatic carbocycles. The minimum Gasteiger partial charge on any atom is -0.478 e. The number of fused-ring (bicyclic) bond motifs is 2. The maximum atomic E-state index is 11.2. The van der Waals surface area contributed by atoms with Crippen molar-refractivity contribution in [3.05, 3.63) is 77.6 Å². The van der Waals surface area contributed by atoms with Gasteiger partial charge in [0.05, 0.1) is 23.5 Å². The van der Waals surface area contributed by atoms with E-state index in [9.17, 15) is 9.90 Å². The number of aromatic carboxylic acids is 1. The number of carbonyl (C=O) groups is 1. The fraction of sp³-hybridized carbons (Fsp3) is 0.355. The van der Waals surface area contributed by atoms with Gasteiger partial charge >= 0.3 is 5.97 Å². The highest BCUT2D eigenvalue weighted by molar-refractivity contribution is 5.95. The molecule has 2 aliphatic rings. The zero-order valence-electron chi connectivity index (χ0n) is 22.6. The van der Waals surface area contributed by atoms with Crippen LogP contribution in [0.15, 0.2) is 60.8 Å². The third-order valence-electron chi connectivity index (χ3n) is 8.42. The lowest BCUT2D eigenvalue weighted by Crippen LogP contribution is -2.35. The molecule has 4 aromatic rings. The van der Waals surface area contributed by atoms with Gasteiger partial charge in [-0.2, -0.15) is 0 Å². The molecule has 4 heterocycles. The van der Waals surface area contributed by atoms with Gasteiger partial charge in [0.15, 0.2) is 0 Å². The van der Waals surface area contributed by atoms with E-state index in [-0.39, 0.29) is 12.2 Å². The Morgan fingerprint density at radius 2 is 1.82 bits per heavy atom. The number of nitrogens with one attached hydrogen (secondary N) is 2. The Hall–Kier alpha value is -3.88. The van der Waals surface area contributed by atoms with Crippen molar-refractivity contribution in [2.45, 2.75) is 37.9 Å². The van der Waals surface area contributed by atoms with E-state index in [0.29, 0.717) is 18.1 Å². The predicted molar refractivity (Wildman–Crippen MR) is 154 cm³/mol. The Bertz CT molecular complexity index is 1500. The molecule has 2 aromatic carbocycles. The summed E-state index contributed by atoms with van der Waals surface area (Å²) in [5, 5.41) is 17.3. The molecule has 2 aromatic heterocycles. The largest absolute Gasteiger partial charge is 0.478 e. The van der Waals surface area contributed by atoms with Crippen molar-refractivity contribution in [3.8, 4) is 11.1 Å². The van der Waals surface area contributed by atoms with E-state index in [2.05, 4.69) is 64.4 Å². The Labute approximate surface area is 228 Å². The van der Waals surface area contributed by atoms with E-state index in [1.165, 1.54) is 16.8 Å². The first kappa shape index (κ1) is 25.4. The predicted octanol–water partition coefficient (Wildman–Crippen LogP) is 5.69. The van der Waals surface area contributed by atoms with E-state index in [1.54, 1.807) is 19.2 Å². The molecule has 2 unspecified atom stereocenters. The molecular weight excluding hydrogens is 490 g/mol. The molecule has 1 fully saturated rings. The minimum atomic E-state index is -0.877. The molecule has 3 N–H and O–H groups in total. The number of aryl methyl sites for hydroxylation is 1. The number of carboxylic acids is 1. The number of piperidine rings is 1. The van der Waals surface area contributed by atoms with Crippen LogP contribution in [-0.2, 0) is 11.8 Å². The highest BCUT2D eigenvalue weighted by Crippen LogP contribution is 2.38. The molecule has 8 heteroatoms. The molecule has 0 bridgehead atoms. The van der Waals surface area contributed by atoms with Crippen LogP contribution in [0.3, 0.4) is 0 Å². The second-order valence-corrected chi connectivity index (χ2v) is 10.7. The summed E-state index contributed by atoms with van der Waals surface area (Å²) < 4.78 is 7.54. The van der Waals surface area contributed by atoms with E-state index < -0.39 is 5.97 Å². The van der Waals surface area contributed by atoms with Crippen molar-refractivity contribution in [1.29, 1.82) is 0 Å². The Morgan fingerprint density at radius 3 is 2.54 bits per heavy atom. The van der Waals surface area contributed by atoms with Crippen molar-refractivity contribution in [2.75, 3.05) is 37.4 Å². The Morgan fingerprint density at radius 1 is 1.08 bits per heavy atom. The highest BCUT2D eigenvalue weighted by atomic mass is 16.5. The zero-order chi connectivity index (χ0) is 27.1. The number of nitrogens with zero attached hydrogens (tertiary/aromatic N) is 3. The third kappa shape index (κ3) is 4.75. The van der Waals surface area contributed by atoms with E-state index in [0.717, 1.165) is 53.9 Å². The van der Waals surface area contributed by atoms with Crippen molar-refractivity contribution < 1.29 is 14.6 Å². The van der Waals surface area contributed by atoms with Crippen LogP contribution in [0.2, 0.25) is 0 Å². The van der Waals surface area contributed by atoms with Crippen LogP contribution in [0.4, 0.5) is 11.4 Å². The number of ether oxygens (including phenoxy) is 1. The maximum Gasteiger partial charge on any atom is 0.335 e. The summed E-state index contributed by atoms with van der Waals surface area (Å²) in [4.78, 5) is 18.5. The van der Waals surface area contributed by atoms with Crippen LogP contribution in [0.5, 0.6) is 0 Å². The summed E-state index contributed by atoms with van der Waals surface area (Å²) in [7, 11) is 3.83. The van der Waals surface area contributed by atoms with Gasteiger partial charge in [0, 0.05) is 37.5 Å². The Kier molecular flexibility index (Phi) is 6.74. The molecule has 0 amide bonds. The first-order valence-corrected chi connectivity index (χ1v) is 13.6. The lowest BCUT2D eigenvalue weighted by atomic mass is 9.88. The monoisotopic (exact) mass is 525 g/mol. The number of benzene rings is 2. The van der Waals surface area contributed by atoms with E-state index in [1.807, 2.05) is 18.3 Å². The molecule has 2 aliphatic heterocycles. The van der Waals surface area contributed by atoms with Gasteiger partial charge in [-0.1, -0.05) is 18.2 Å². The normalized spacial score (nSPS) is 18.5. The molecule has 202 valence electrons. The highest BCUT2D eigenvalue weighted by Gasteiger charge is 2.27. The molecule has 0 saturated carbocycles. The molecule has 1 saturated heterocycles. The lowest BCUT2D eigenvalue weighted by Gasteiger charge is -2.36. The average Bonchev–Trinajstić information content (AvgIpc) is 3.52. The van der Waals surface area contributed by atoms with Crippen LogP contribution >= 0.6 is 0 Å². The first-order valence-electron chi connectivity index (χ1n) is 13.6. The number of likely N-dealkylation sites (tertiary alicyclic amines) is 1. The van der Waals surface area contributed by atoms with Gasteiger partial charge in [-0.15, -0.1) is 0 Å². The van der Waals surface area contributed by atoms with Crippen molar-refractivity contribution in [1.82, 2.24) is 14.5 Å². The van der Waals surface area contributed by atoms with Gasteiger partial charge in [0.2, 0.25) is 0 Å². The third-order valence-corrected chi connectivity index (χ3v) is 8.42. The fourth-order valence-corrected chi connectivity index (χ4v) is 6.21. The summed E-state index contributed by atoms with van der Waals surface area (Å²) in [6.45, 7) is 4.88. The number of hydrogen-bond donors (Lipinski definition) is 3. The molecule has 6 rings (SSSR count). The fourth-order valence-electron chi connectivity index (χ4n) is 6.21. The number of carboxylic acid groups (broad SMARTS) is 1. The standard InChI is InChI=1S/C31H35N5O3/c1-19(36-14-11-21(12-15-36)20-4-6-22(7-5-20)31(37)38)28-17-25-24(10-13-32-30(25)35(28)2)23-8-9-26-27(16-23)34-29(33-26)18-39-3/h4-10,13,16-17,19,21,29,33-34H,11-12,14-15,18H2,1-3H3,(H,37,38). The average molecular weight is 526 g/mol. The Balaban J connectivity index is 1.21. The molecule has 0 spiro atoms. The number of anilines is 2. The SMILES string of the molecule is COCC1Nc2ccc(-c3ccnc4c3cc(C(C)N3CCC(c5ccc(C(=O)O)cc5)CC3)n4C)cc2N1. The number of pyridine rings is 1. The van der Waals surface area contributed by atoms with Gasteiger partial charge in [-0.05, 0) is 91.9 Å². The second-order valence-electron chi connectivity index (χ2n) is 10.7. The number of rotatable bonds is 7. The molecule has 8 nitrogen and oxygen atoms in total. The molecular formula is C31H35N5O3. The molecule has 39 heavy (non-hydrogen) atoms. The van der Waals surface area contributed by atoms with Crippen molar-refractivity contribution in [2.24, 2.45) is 7.05 Å². The summed E-state index contributed by atoms with van der Waals surface area (Å²) in [5.74, 6) is -0.415. The van der Waals surface area contributed by atoms with Crippen LogP contribution in [0, 0.1) is 0 Å². The van der Waals surface area contributed by atoms with Gasteiger partial charge < -0.3 is 25.0 Å². The van der Waals surface area contributed by atoms with Crippen LogP contribution in [0.25, 0.3) is 22.2 Å². The molecule has 0 radical (unpaired) electrons. The van der Waals surface area contributed by atoms with E-state index >= 15 is 0 Å². The van der Waals surface area contributed by atoms with Gasteiger partial charge in [-0.3, -0.25) is 4.90 Å². The van der Waals surface area contributed by atoms with Gasteiger partial charge in [0.25, 0.3) is 0 Å². The van der Waals surface area contributed by atoms with Crippen LogP contribution < -0.4 is 10.6 Å². The van der Waals surface area contributed by atoms with Crippen LogP contribution in [0.1, 0.15) is 53.3 Å². The maximum absolute atomic E-state index is 11.2. The quantitative estimate of drug-likeness (QED) is 0.286. The smallest absolute Gasteiger partial charge is 0.335 e. The lowest BCUT2D eigenvalue weighted by molar-refractivity contribution is 0.0697. The van der Waals surface area contributed by atoms with Crippen molar-refractivity contribution in [3.63, 3.8) is 0 Å². The number of hydrogen-bond acceptors (Lipinski definition) is 6. The zero-order valence-corrected chi connectivity index (χ0v) is 22.6. The van der Waals surface area contributed by atoms with Crippen LogP contribution in [-0.4, -0.2) is 58.5 Å². The molecule has 2 atom stereocenters. The van der Waals surface area contributed by atoms with Gasteiger partial charge in [0.1, 0.15) is 11.8 Å².